The molecule has 1 aliphatic heterocycles. The molecule has 92 valence electrons. The molecular weight excluding hydrogens is 204 g/mol. The maximum Gasteiger partial charge on any atom is 0.237 e. The van der Waals surface area contributed by atoms with Gasteiger partial charge < -0.3 is 15.7 Å². The monoisotopic (exact) mass is 226 g/mol. The second-order valence-electron chi connectivity index (χ2n) is 5.16. The topological polar surface area (TPSA) is 61.4 Å². The van der Waals surface area contributed by atoms with Crippen molar-refractivity contribution in [3.05, 3.63) is 0 Å². The van der Waals surface area contributed by atoms with Crippen LogP contribution in [-0.4, -0.2) is 35.7 Å². The van der Waals surface area contributed by atoms with Crippen molar-refractivity contribution in [2.75, 3.05) is 6.54 Å². The summed E-state index contributed by atoms with van der Waals surface area (Å²) in [6.45, 7) is 3.02. The molecule has 0 radical (unpaired) electrons. The Kier molecular flexibility index (Phi) is 3.82. The number of amides is 1. The van der Waals surface area contributed by atoms with Gasteiger partial charge in [0.25, 0.3) is 0 Å². The molecule has 4 atom stereocenters. The number of carbonyl (C=O) groups is 1. The first-order valence-corrected chi connectivity index (χ1v) is 6.40. The first-order valence-electron chi connectivity index (χ1n) is 6.40. The Morgan fingerprint density at radius 3 is 2.69 bits per heavy atom. The lowest BCUT2D eigenvalue weighted by Gasteiger charge is -2.29. The van der Waals surface area contributed by atoms with Crippen LogP contribution in [0.15, 0.2) is 0 Å². The molecule has 2 fully saturated rings. The van der Waals surface area contributed by atoms with E-state index in [1.807, 2.05) is 0 Å². The molecule has 3 N–H and O–H groups in total. The summed E-state index contributed by atoms with van der Waals surface area (Å²) in [7, 11) is 0. The van der Waals surface area contributed by atoms with Crippen molar-refractivity contribution in [3.8, 4) is 0 Å². The molecule has 0 bridgehead atoms. The Balaban J connectivity index is 1.86. The van der Waals surface area contributed by atoms with E-state index in [0.29, 0.717) is 5.92 Å². The van der Waals surface area contributed by atoms with Crippen LogP contribution < -0.4 is 10.6 Å². The smallest absolute Gasteiger partial charge is 0.237 e. The van der Waals surface area contributed by atoms with E-state index in [4.69, 9.17) is 0 Å². The van der Waals surface area contributed by atoms with Gasteiger partial charge in [-0.1, -0.05) is 19.8 Å². The van der Waals surface area contributed by atoms with Gasteiger partial charge in [0, 0.05) is 0 Å². The SMILES string of the molecule is CC1CCNC1C(=O)NC1CCCCC1O. The minimum absolute atomic E-state index is 0.0316. The number of carbonyl (C=O) groups excluding carboxylic acids is 1. The maximum absolute atomic E-state index is 12.0. The summed E-state index contributed by atoms with van der Waals surface area (Å²) in [6.07, 6.45) is 4.62. The van der Waals surface area contributed by atoms with E-state index in [-0.39, 0.29) is 24.1 Å². The van der Waals surface area contributed by atoms with E-state index < -0.39 is 0 Å². The number of hydrogen-bond donors (Lipinski definition) is 3. The van der Waals surface area contributed by atoms with Crippen LogP contribution in [0.3, 0.4) is 0 Å². The number of aliphatic hydroxyl groups is 1. The molecule has 4 nitrogen and oxygen atoms in total. The second kappa shape index (κ2) is 5.15. The summed E-state index contributed by atoms with van der Waals surface area (Å²) >= 11 is 0. The van der Waals surface area contributed by atoms with Crippen molar-refractivity contribution in [3.63, 3.8) is 0 Å². The molecule has 16 heavy (non-hydrogen) atoms. The Morgan fingerprint density at radius 1 is 1.31 bits per heavy atom. The highest BCUT2D eigenvalue weighted by Crippen LogP contribution is 2.20. The molecule has 2 aliphatic rings. The minimum Gasteiger partial charge on any atom is -0.391 e. The zero-order valence-corrected chi connectivity index (χ0v) is 9.91. The zero-order valence-electron chi connectivity index (χ0n) is 9.91. The standard InChI is InChI=1S/C12H22N2O2/c1-8-6-7-13-11(8)12(16)14-9-4-2-3-5-10(9)15/h8-11,13,15H,2-7H2,1H3,(H,14,16). The first-order chi connectivity index (χ1) is 7.68. The van der Waals surface area contributed by atoms with Crippen LogP contribution in [0.4, 0.5) is 0 Å². The summed E-state index contributed by atoms with van der Waals surface area (Å²) in [5.41, 5.74) is 0. The molecule has 1 heterocycles. The zero-order chi connectivity index (χ0) is 11.5. The quantitative estimate of drug-likeness (QED) is 0.639. The van der Waals surface area contributed by atoms with E-state index >= 15 is 0 Å². The van der Waals surface area contributed by atoms with E-state index in [2.05, 4.69) is 17.6 Å². The highest BCUT2D eigenvalue weighted by molar-refractivity contribution is 5.82. The van der Waals surface area contributed by atoms with Gasteiger partial charge in [-0.15, -0.1) is 0 Å². The predicted molar refractivity (Wildman–Crippen MR) is 62.0 cm³/mol. The van der Waals surface area contributed by atoms with Crippen molar-refractivity contribution in [1.29, 1.82) is 0 Å². The van der Waals surface area contributed by atoms with Crippen LogP contribution in [0.5, 0.6) is 0 Å². The van der Waals surface area contributed by atoms with Crippen LogP contribution in [0.2, 0.25) is 0 Å². The van der Waals surface area contributed by atoms with Crippen molar-refractivity contribution < 1.29 is 9.90 Å². The average Bonchev–Trinajstić information content (AvgIpc) is 2.68. The van der Waals surface area contributed by atoms with Crippen molar-refractivity contribution in [1.82, 2.24) is 10.6 Å². The number of aliphatic hydroxyl groups excluding tert-OH is 1. The van der Waals surface area contributed by atoms with E-state index in [1.54, 1.807) is 0 Å². The van der Waals surface area contributed by atoms with Gasteiger partial charge in [0.1, 0.15) is 0 Å². The van der Waals surface area contributed by atoms with Crippen molar-refractivity contribution >= 4 is 5.91 Å². The second-order valence-corrected chi connectivity index (χ2v) is 5.16. The van der Waals surface area contributed by atoms with Gasteiger partial charge in [-0.25, -0.2) is 0 Å². The lowest BCUT2D eigenvalue weighted by atomic mass is 9.92. The third-order valence-electron chi connectivity index (χ3n) is 3.87. The molecule has 4 unspecified atom stereocenters. The normalized spacial score (nSPS) is 39.6. The van der Waals surface area contributed by atoms with E-state index in [1.165, 1.54) is 0 Å². The molecule has 1 saturated carbocycles. The number of rotatable bonds is 2. The molecule has 0 aromatic rings. The van der Waals surface area contributed by atoms with Gasteiger partial charge in [0.15, 0.2) is 0 Å². The Morgan fingerprint density at radius 2 is 2.06 bits per heavy atom. The van der Waals surface area contributed by atoms with Crippen molar-refractivity contribution in [2.45, 2.75) is 57.2 Å². The summed E-state index contributed by atoms with van der Waals surface area (Å²) in [5, 5.41) is 16.0. The van der Waals surface area contributed by atoms with Crippen LogP contribution in [0.25, 0.3) is 0 Å². The molecule has 2 rings (SSSR count). The summed E-state index contributed by atoms with van der Waals surface area (Å²) < 4.78 is 0. The van der Waals surface area contributed by atoms with Gasteiger partial charge in [-0.3, -0.25) is 4.79 Å². The Bertz CT molecular complexity index is 257. The highest BCUT2D eigenvalue weighted by Gasteiger charge is 2.32. The molecule has 4 heteroatoms. The lowest BCUT2D eigenvalue weighted by Crippen LogP contribution is -2.51. The first kappa shape index (κ1) is 11.9. The molecular formula is C12H22N2O2. The predicted octanol–water partition coefficient (Wildman–Crippen LogP) is 0.404. The van der Waals surface area contributed by atoms with Crippen LogP contribution in [0, 0.1) is 5.92 Å². The van der Waals surface area contributed by atoms with Crippen molar-refractivity contribution in [2.24, 2.45) is 5.92 Å². The fourth-order valence-electron chi connectivity index (χ4n) is 2.74. The van der Waals surface area contributed by atoms with Gasteiger partial charge in [0.2, 0.25) is 5.91 Å². The highest BCUT2D eigenvalue weighted by atomic mass is 16.3. The van der Waals surface area contributed by atoms with Gasteiger partial charge >= 0.3 is 0 Å². The minimum atomic E-state index is -0.352. The van der Waals surface area contributed by atoms with Crippen LogP contribution >= 0.6 is 0 Å². The molecule has 0 aromatic heterocycles. The Labute approximate surface area is 96.8 Å². The molecule has 1 saturated heterocycles. The summed E-state index contributed by atoms with van der Waals surface area (Å²) in [4.78, 5) is 12.0. The Hall–Kier alpha value is -0.610. The molecule has 0 aromatic carbocycles. The fraction of sp³-hybridized carbons (Fsp3) is 0.917. The summed E-state index contributed by atoms with van der Waals surface area (Å²) in [6, 6.07) is -0.0926. The third-order valence-corrected chi connectivity index (χ3v) is 3.87. The summed E-state index contributed by atoms with van der Waals surface area (Å²) in [5.74, 6) is 0.469. The molecule has 1 aliphatic carbocycles. The molecule has 0 spiro atoms. The average molecular weight is 226 g/mol. The maximum atomic E-state index is 12.0. The lowest BCUT2D eigenvalue weighted by molar-refractivity contribution is -0.125. The number of nitrogens with one attached hydrogen (secondary N) is 2. The van der Waals surface area contributed by atoms with Gasteiger partial charge in [0.05, 0.1) is 18.2 Å². The largest absolute Gasteiger partial charge is 0.391 e. The fourth-order valence-corrected chi connectivity index (χ4v) is 2.74. The van der Waals surface area contributed by atoms with Crippen LogP contribution in [0.1, 0.15) is 39.0 Å². The molecule has 1 amide bonds. The third kappa shape index (κ3) is 2.55. The van der Waals surface area contributed by atoms with E-state index in [0.717, 1.165) is 38.6 Å². The van der Waals surface area contributed by atoms with Gasteiger partial charge in [-0.2, -0.15) is 0 Å². The van der Waals surface area contributed by atoms with Crippen LogP contribution in [-0.2, 0) is 4.79 Å². The van der Waals surface area contributed by atoms with E-state index in [9.17, 15) is 9.90 Å². The van der Waals surface area contributed by atoms with Gasteiger partial charge in [-0.05, 0) is 31.7 Å². The number of hydrogen-bond acceptors (Lipinski definition) is 3.